The van der Waals surface area contributed by atoms with Crippen LogP contribution in [0.3, 0.4) is 0 Å². The maximum atomic E-state index is 12.0. The molecule has 0 aromatic carbocycles. The molecule has 1 fully saturated rings. The lowest BCUT2D eigenvalue weighted by atomic mass is 10.0. The monoisotopic (exact) mass is 279 g/mol. The Morgan fingerprint density at radius 3 is 2.76 bits per heavy atom. The molecule has 1 rings (SSSR count). The Kier molecular flexibility index (Phi) is 5.30. The minimum absolute atomic E-state index is 0.00868. The molecule has 17 heavy (non-hydrogen) atoms. The van der Waals surface area contributed by atoms with Gasteiger partial charge in [0.15, 0.2) is 0 Å². The Balaban J connectivity index is 2.62. The van der Waals surface area contributed by atoms with Gasteiger partial charge in [-0.15, -0.1) is 0 Å². The first-order chi connectivity index (χ1) is 7.83. The summed E-state index contributed by atoms with van der Waals surface area (Å²) in [5, 5.41) is 0. The second kappa shape index (κ2) is 6.08. The van der Waals surface area contributed by atoms with E-state index in [0.29, 0.717) is 30.5 Å². The van der Waals surface area contributed by atoms with Gasteiger partial charge in [-0.25, -0.2) is 4.72 Å². The molecule has 0 spiro atoms. The molecule has 1 aliphatic rings. The van der Waals surface area contributed by atoms with Gasteiger partial charge in [0.05, 0.1) is 4.99 Å². The molecule has 7 heteroatoms. The summed E-state index contributed by atoms with van der Waals surface area (Å²) >= 11 is 4.93. The fourth-order valence-electron chi connectivity index (χ4n) is 1.76. The topological polar surface area (TPSA) is 75.4 Å². The molecule has 1 saturated heterocycles. The number of nitrogens with two attached hydrogens (primary N) is 1. The van der Waals surface area contributed by atoms with Crippen molar-refractivity contribution in [3.8, 4) is 0 Å². The number of hydrogen-bond acceptors (Lipinski definition) is 3. The van der Waals surface area contributed by atoms with Crippen LogP contribution in [0.15, 0.2) is 0 Å². The van der Waals surface area contributed by atoms with Crippen molar-refractivity contribution < 1.29 is 8.42 Å². The van der Waals surface area contributed by atoms with E-state index in [4.69, 9.17) is 18.0 Å². The number of hydrogen-bond donors (Lipinski definition) is 2. The number of piperidine rings is 1. The second-order valence-corrected chi connectivity index (χ2v) is 7.07. The summed E-state index contributed by atoms with van der Waals surface area (Å²) in [6.45, 7) is 5.35. The number of rotatable bonds is 5. The first-order valence-electron chi connectivity index (χ1n) is 5.87. The van der Waals surface area contributed by atoms with Gasteiger partial charge in [0.1, 0.15) is 0 Å². The van der Waals surface area contributed by atoms with Gasteiger partial charge in [-0.1, -0.05) is 26.1 Å². The third-order valence-electron chi connectivity index (χ3n) is 2.80. The van der Waals surface area contributed by atoms with Crippen molar-refractivity contribution in [2.24, 2.45) is 17.6 Å². The molecule has 0 saturated carbocycles. The van der Waals surface area contributed by atoms with E-state index in [0.717, 1.165) is 12.8 Å². The van der Waals surface area contributed by atoms with Gasteiger partial charge in [-0.3, -0.25) is 0 Å². The zero-order valence-electron chi connectivity index (χ0n) is 10.3. The molecule has 0 aliphatic carbocycles. The minimum Gasteiger partial charge on any atom is -0.393 e. The van der Waals surface area contributed by atoms with E-state index in [9.17, 15) is 8.42 Å². The summed E-state index contributed by atoms with van der Waals surface area (Å²) in [5.41, 5.74) is 5.58. The van der Waals surface area contributed by atoms with E-state index < -0.39 is 10.2 Å². The summed E-state index contributed by atoms with van der Waals surface area (Å²) in [4.78, 5) is 0.411. The molecule has 1 unspecified atom stereocenters. The molecule has 1 atom stereocenters. The summed E-state index contributed by atoms with van der Waals surface area (Å²) in [6.07, 6.45) is 1.69. The van der Waals surface area contributed by atoms with E-state index >= 15 is 0 Å². The van der Waals surface area contributed by atoms with Gasteiger partial charge < -0.3 is 5.73 Å². The minimum atomic E-state index is -3.38. The van der Waals surface area contributed by atoms with Gasteiger partial charge in [0.2, 0.25) is 0 Å². The molecular formula is C10H21N3O2S2. The number of nitrogens with zero attached hydrogens (tertiary/aromatic N) is 1. The van der Waals surface area contributed by atoms with Crippen LogP contribution in [-0.2, 0) is 10.2 Å². The van der Waals surface area contributed by atoms with Crippen LogP contribution in [0.5, 0.6) is 0 Å². The second-order valence-electron chi connectivity index (χ2n) is 4.85. The molecule has 0 bridgehead atoms. The van der Waals surface area contributed by atoms with E-state index in [1.54, 1.807) is 0 Å². The average Bonchev–Trinajstić information content (AvgIpc) is 2.27. The molecule has 0 aromatic rings. The average molecular weight is 279 g/mol. The summed E-state index contributed by atoms with van der Waals surface area (Å²) in [6, 6.07) is 0. The Hall–Kier alpha value is -0.240. The molecule has 0 radical (unpaired) electrons. The first kappa shape index (κ1) is 14.8. The largest absolute Gasteiger partial charge is 0.393 e. The molecule has 100 valence electrons. The van der Waals surface area contributed by atoms with Crippen LogP contribution < -0.4 is 10.5 Å². The molecule has 1 heterocycles. The molecule has 3 N–H and O–H groups in total. The number of thiocarbonyl (C=S) groups is 1. The van der Waals surface area contributed by atoms with Gasteiger partial charge >= 0.3 is 0 Å². The summed E-state index contributed by atoms with van der Waals surface area (Å²) < 4.78 is 28.0. The highest BCUT2D eigenvalue weighted by atomic mass is 32.2. The summed E-state index contributed by atoms with van der Waals surface area (Å²) in [7, 11) is -3.38. The van der Waals surface area contributed by atoms with Crippen LogP contribution in [0.25, 0.3) is 0 Å². The maximum absolute atomic E-state index is 12.0. The van der Waals surface area contributed by atoms with E-state index in [1.807, 2.05) is 13.8 Å². The first-order valence-corrected chi connectivity index (χ1v) is 7.72. The lowest BCUT2D eigenvalue weighted by Crippen LogP contribution is -2.48. The van der Waals surface area contributed by atoms with Crippen LogP contribution in [0.4, 0.5) is 0 Å². The molecule has 0 amide bonds. The Morgan fingerprint density at radius 2 is 2.24 bits per heavy atom. The van der Waals surface area contributed by atoms with Crippen LogP contribution in [0, 0.1) is 11.8 Å². The van der Waals surface area contributed by atoms with Gasteiger partial charge in [-0.05, 0) is 18.8 Å². The van der Waals surface area contributed by atoms with Crippen molar-refractivity contribution in [1.29, 1.82) is 0 Å². The normalized spacial score (nSPS) is 22.9. The van der Waals surface area contributed by atoms with E-state index in [-0.39, 0.29) is 5.92 Å². The van der Waals surface area contributed by atoms with Gasteiger partial charge in [-0.2, -0.15) is 12.7 Å². The van der Waals surface area contributed by atoms with Gasteiger partial charge in [0, 0.05) is 25.6 Å². The summed E-state index contributed by atoms with van der Waals surface area (Å²) in [5.74, 6) is 0.301. The van der Waals surface area contributed by atoms with E-state index in [2.05, 4.69) is 4.72 Å². The molecule has 5 nitrogen and oxygen atoms in total. The van der Waals surface area contributed by atoms with Crippen molar-refractivity contribution >= 4 is 27.4 Å². The maximum Gasteiger partial charge on any atom is 0.279 e. The predicted octanol–water partition coefficient (Wildman–Crippen LogP) is 0.475. The Bertz CT molecular complexity index is 368. The SMILES string of the molecule is CC(C)CNS(=O)(=O)N1CCCC(C(N)=S)C1. The van der Waals surface area contributed by atoms with E-state index in [1.165, 1.54) is 4.31 Å². The predicted molar refractivity (Wildman–Crippen MR) is 72.8 cm³/mol. The van der Waals surface area contributed by atoms with Crippen LogP contribution in [-0.4, -0.2) is 37.3 Å². The fourth-order valence-corrected chi connectivity index (χ4v) is 3.42. The van der Waals surface area contributed by atoms with Crippen LogP contribution in [0.2, 0.25) is 0 Å². The molecule has 1 aliphatic heterocycles. The van der Waals surface area contributed by atoms with Crippen LogP contribution in [0.1, 0.15) is 26.7 Å². The molecular weight excluding hydrogens is 258 g/mol. The fraction of sp³-hybridized carbons (Fsp3) is 0.900. The van der Waals surface area contributed by atoms with Crippen molar-refractivity contribution in [1.82, 2.24) is 9.03 Å². The lowest BCUT2D eigenvalue weighted by Gasteiger charge is -2.31. The highest BCUT2D eigenvalue weighted by molar-refractivity contribution is 7.87. The van der Waals surface area contributed by atoms with Crippen molar-refractivity contribution in [2.45, 2.75) is 26.7 Å². The third-order valence-corrected chi connectivity index (χ3v) is 4.68. The van der Waals surface area contributed by atoms with Crippen LogP contribution >= 0.6 is 12.2 Å². The van der Waals surface area contributed by atoms with Crippen molar-refractivity contribution in [3.63, 3.8) is 0 Å². The molecule has 0 aromatic heterocycles. The zero-order chi connectivity index (χ0) is 13.1. The van der Waals surface area contributed by atoms with Gasteiger partial charge in [0.25, 0.3) is 10.2 Å². The smallest absolute Gasteiger partial charge is 0.279 e. The third kappa shape index (κ3) is 4.50. The zero-order valence-corrected chi connectivity index (χ0v) is 12.0. The number of nitrogens with one attached hydrogen (secondary N) is 1. The van der Waals surface area contributed by atoms with Crippen molar-refractivity contribution in [2.75, 3.05) is 19.6 Å². The highest BCUT2D eigenvalue weighted by Crippen LogP contribution is 2.18. The Morgan fingerprint density at radius 1 is 1.59 bits per heavy atom. The van der Waals surface area contributed by atoms with Crippen molar-refractivity contribution in [3.05, 3.63) is 0 Å². The quantitative estimate of drug-likeness (QED) is 0.718. The Labute approximate surface area is 109 Å². The highest BCUT2D eigenvalue weighted by Gasteiger charge is 2.29. The standard InChI is InChI=1S/C10H21N3O2S2/c1-8(2)6-12-17(14,15)13-5-3-4-9(7-13)10(11)16/h8-9,12H,3-7H2,1-2H3,(H2,11,16). The lowest BCUT2D eigenvalue weighted by molar-refractivity contribution is 0.308.